The third-order valence-corrected chi connectivity index (χ3v) is 7.37. The second kappa shape index (κ2) is 10.8. The first-order chi connectivity index (χ1) is 18.4. The zero-order valence-corrected chi connectivity index (χ0v) is 21.2. The number of amides is 3. The molecule has 2 saturated heterocycles. The molecule has 0 radical (unpaired) electrons. The molecule has 3 aromatic carbocycles. The number of nitrogens with one attached hydrogen (secondary N) is 1. The number of halogens is 1. The Bertz CT molecular complexity index is 1340. The maximum absolute atomic E-state index is 14.0. The van der Waals surface area contributed by atoms with Crippen molar-refractivity contribution in [3.63, 3.8) is 0 Å². The summed E-state index contributed by atoms with van der Waals surface area (Å²) in [7, 11) is 0. The predicted octanol–water partition coefficient (Wildman–Crippen LogP) is 3.92. The van der Waals surface area contributed by atoms with Gasteiger partial charge in [0.05, 0.1) is 6.61 Å². The molecule has 3 amide bonds. The summed E-state index contributed by atoms with van der Waals surface area (Å²) >= 11 is 0. The average Bonchev–Trinajstić information content (AvgIpc) is 3.30. The molecule has 0 bridgehead atoms. The van der Waals surface area contributed by atoms with Crippen molar-refractivity contribution in [1.82, 2.24) is 15.1 Å². The van der Waals surface area contributed by atoms with Gasteiger partial charge < -0.3 is 15.0 Å². The molecular weight excluding hydrogens is 485 g/mol. The molecule has 1 N–H and O–H groups in total. The van der Waals surface area contributed by atoms with E-state index in [0.29, 0.717) is 38.0 Å². The fourth-order valence-electron chi connectivity index (χ4n) is 5.27. The molecule has 0 aromatic heterocycles. The van der Waals surface area contributed by atoms with Crippen LogP contribution in [-0.4, -0.2) is 59.0 Å². The van der Waals surface area contributed by atoms with E-state index in [1.54, 1.807) is 11.0 Å². The number of likely N-dealkylation sites (tertiary alicyclic amines) is 1. The maximum Gasteiger partial charge on any atom is 0.256 e. The SMILES string of the molecule is Cc1ccccc1C(=O)N1CCC2(CC1)OC[C@H](C(=O)NCc1ccccc1)N2C(=O)c1cccc(F)c1. The number of nitrogens with zero attached hydrogens (tertiary/aromatic N) is 2. The Balaban J connectivity index is 1.37. The number of hydrogen-bond acceptors (Lipinski definition) is 4. The van der Waals surface area contributed by atoms with E-state index in [0.717, 1.165) is 11.1 Å². The molecule has 1 atom stereocenters. The topological polar surface area (TPSA) is 79.0 Å². The van der Waals surface area contributed by atoms with E-state index in [9.17, 15) is 18.8 Å². The molecule has 2 aliphatic rings. The van der Waals surface area contributed by atoms with E-state index in [2.05, 4.69) is 5.32 Å². The van der Waals surface area contributed by atoms with Crippen molar-refractivity contribution in [2.75, 3.05) is 19.7 Å². The highest BCUT2D eigenvalue weighted by Gasteiger charge is 2.54. The Morgan fingerprint density at radius 2 is 1.66 bits per heavy atom. The lowest BCUT2D eigenvalue weighted by molar-refractivity contribution is -0.128. The summed E-state index contributed by atoms with van der Waals surface area (Å²) in [5.41, 5.74) is 1.55. The molecule has 2 heterocycles. The molecule has 0 unspecified atom stereocenters. The Hall–Kier alpha value is -4.04. The van der Waals surface area contributed by atoms with E-state index in [1.165, 1.54) is 29.2 Å². The maximum atomic E-state index is 14.0. The van der Waals surface area contributed by atoms with Crippen LogP contribution in [0.4, 0.5) is 4.39 Å². The van der Waals surface area contributed by atoms with Crippen LogP contribution in [0.1, 0.15) is 44.7 Å². The molecule has 0 saturated carbocycles. The molecule has 8 heteroatoms. The van der Waals surface area contributed by atoms with Crippen LogP contribution in [0.15, 0.2) is 78.9 Å². The van der Waals surface area contributed by atoms with Gasteiger partial charge in [-0.1, -0.05) is 54.6 Å². The summed E-state index contributed by atoms with van der Waals surface area (Å²) in [6, 6.07) is 21.5. The van der Waals surface area contributed by atoms with Crippen LogP contribution in [0.3, 0.4) is 0 Å². The predicted molar refractivity (Wildman–Crippen MR) is 140 cm³/mol. The lowest BCUT2D eigenvalue weighted by Crippen LogP contribution is -2.59. The van der Waals surface area contributed by atoms with Crippen molar-refractivity contribution in [2.24, 2.45) is 0 Å². The average molecular weight is 516 g/mol. The fraction of sp³-hybridized carbons (Fsp3) is 0.300. The van der Waals surface area contributed by atoms with Gasteiger partial charge in [0.2, 0.25) is 5.91 Å². The quantitative estimate of drug-likeness (QED) is 0.559. The van der Waals surface area contributed by atoms with E-state index in [-0.39, 0.29) is 24.0 Å². The van der Waals surface area contributed by atoms with Gasteiger partial charge in [0, 0.05) is 43.6 Å². The molecule has 5 rings (SSSR count). The van der Waals surface area contributed by atoms with Gasteiger partial charge in [-0.25, -0.2) is 4.39 Å². The number of aryl methyl sites for hydroxylation is 1. The monoisotopic (exact) mass is 515 g/mol. The van der Waals surface area contributed by atoms with Crippen LogP contribution < -0.4 is 5.32 Å². The number of carbonyl (C=O) groups is 3. The largest absolute Gasteiger partial charge is 0.353 e. The van der Waals surface area contributed by atoms with Gasteiger partial charge in [0.1, 0.15) is 17.6 Å². The lowest BCUT2D eigenvalue weighted by atomic mass is 9.95. The molecule has 196 valence electrons. The normalized spacial score (nSPS) is 18.4. The highest BCUT2D eigenvalue weighted by atomic mass is 19.1. The minimum atomic E-state index is -1.07. The molecular formula is C30H30FN3O4. The first-order valence-corrected chi connectivity index (χ1v) is 12.8. The van der Waals surface area contributed by atoms with Crippen LogP contribution in [0, 0.1) is 12.7 Å². The third-order valence-electron chi connectivity index (χ3n) is 7.37. The number of rotatable bonds is 5. The number of ether oxygens (including phenoxy) is 1. The van der Waals surface area contributed by atoms with Crippen LogP contribution in [0.5, 0.6) is 0 Å². The fourth-order valence-corrected chi connectivity index (χ4v) is 5.27. The summed E-state index contributed by atoms with van der Waals surface area (Å²) in [6.45, 7) is 2.95. The Kier molecular flexibility index (Phi) is 7.24. The molecule has 38 heavy (non-hydrogen) atoms. The van der Waals surface area contributed by atoms with Gasteiger partial charge in [-0.2, -0.15) is 0 Å². The van der Waals surface area contributed by atoms with Gasteiger partial charge in [-0.05, 0) is 42.3 Å². The summed E-state index contributed by atoms with van der Waals surface area (Å²) in [5.74, 6) is -1.42. The summed E-state index contributed by atoms with van der Waals surface area (Å²) in [5, 5.41) is 2.91. The highest BCUT2D eigenvalue weighted by molar-refractivity contribution is 5.99. The second-order valence-corrected chi connectivity index (χ2v) is 9.77. The smallest absolute Gasteiger partial charge is 0.256 e. The first-order valence-electron chi connectivity index (χ1n) is 12.8. The third kappa shape index (κ3) is 5.04. The molecule has 1 spiro atoms. The van der Waals surface area contributed by atoms with Crippen molar-refractivity contribution < 1.29 is 23.5 Å². The summed E-state index contributed by atoms with van der Waals surface area (Å²) in [6.07, 6.45) is 0.683. The number of piperidine rings is 1. The molecule has 2 fully saturated rings. The van der Waals surface area contributed by atoms with Gasteiger partial charge >= 0.3 is 0 Å². The van der Waals surface area contributed by atoms with Crippen LogP contribution in [-0.2, 0) is 16.1 Å². The summed E-state index contributed by atoms with van der Waals surface area (Å²) in [4.78, 5) is 43.5. The number of hydrogen-bond donors (Lipinski definition) is 1. The van der Waals surface area contributed by atoms with Gasteiger partial charge in [0.25, 0.3) is 11.8 Å². The minimum Gasteiger partial charge on any atom is -0.353 e. The van der Waals surface area contributed by atoms with Crippen molar-refractivity contribution in [2.45, 2.75) is 38.1 Å². The summed E-state index contributed by atoms with van der Waals surface area (Å²) < 4.78 is 20.2. The number of carbonyl (C=O) groups excluding carboxylic acids is 3. The van der Waals surface area contributed by atoms with Crippen LogP contribution in [0.2, 0.25) is 0 Å². The zero-order valence-electron chi connectivity index (χ0n) is 21.2. The molecule has 0 aliphatic carbocycles. The van der Waals surface area contributed by atoms with Crippen molar-refractivity contribution in [3.8, 4) is 0 Å². The minimum absolute atomic E-state index is 0.0212. The van der Waals surface area contributed by atoms with E-state index in [4.69, 9.17) is 4.74 Å². The second-order valence-electron chi connectivity index (χ2n) is 9.77. The van der Waals surface area contributed by atoms with Gasteiger partial charge in [0.15, 0.2) is 0 Å². The molecule has 2 aliphatic heterocycles. The Morgan fingerprint density at radius 3 is 2.37 bits per heavy atom. The lowest BCUT2D eigenvalue weighted by Gasteiger charge is -2.44. The first kappa shape index (κ1) is 25.6. The van der Waals surface area contributed by atoms with Crippen molar-refractivity contribution in [3.05, 3.63) is 107 Å². The van der Waals surface area contributed by atoms with Crippen molar-refractivity contribution >= 4 is 17.7 Å². The molecule has 7 nitrogen and oxygen atoms in total. The van der Waals surface area contributed by atoms with Crippen molar-refractivity contribution in [1.29, 1.82) is 0 Å². The van der Waals surface area contributed by atoms with Crippen LogP contribution >= 0.6 is 0 Å². The van der Waals surface area contributed by atoms with Gasteiger partial charge in [-0.3, -0.25) is 19.3 Å². The van der Waals surface area contributed by atoms with E-state index >= 15 is 0 Å². The van der Waals surface area contributed by atoms with Crippen LogP contribution in [0.25, 0.3) is 0 Å². The standard InChI is InChI=1S/C30H30FN3O4/c1-21-8-5-6-13-25(21)29(37)33-16-14-30(15-17-33)34(28(36)23-11-7-12-24(31)18-23)26(20-38-30)27(35)32-19-22-9-3-2-4-10-22/h2-13,18,26H,14-17,19-20H2,1H3,(H,32,35)/t26-/m1/s1. The molecule has 3 aromatic rings. The highest BCUT2D eigenvalue weighted by Crippen LogP contribution is 2.39. The van der Waals surface area contributed by atoms with E-state index < -0.39 is 23.5 Å². The van der Waals surface area contributed by atoms with Gasteiger partial charge in [-0.15, -0.1) is 0 Å². The Morgan fingerprint density at radius 1 is 0.947 bits per heavy atom. The van der Waals surface area contributed by atoms with E-state index in [1.807, 2.05) is 55.5 Å². The Labute approximate surface area is 221 Å². The zero-order chi connectivity index (χ0) is 26.7. The number of benzene rings is 3.